The Labute approximate surface area is 130 Å². The molecule has 0 aliphatic rings. The van der Waals surface area contributed by atoms with Crippen molar-refractivity contribution in [1.82, 2.24) is 0 Å². The topological polar surface area (TPSA) is 52.9 Å². The van der Waals surface area contributed by atoms with Gasteiger partial charge in [0.05, 0.1) is 0 Å². The molecule has 110 valence electrons. The minimum Gasteiger partial charge on any atom is -0.321 e. The van der Waals surface area contributed by atoms with E-state index < -0.39 is 5.91 Å². The first-order chi connectivity index (χ1) is 10.5. The van der Waals surface area contributed by atoms with Crippen LogP contribution in [-0.4, -0.2) is 5.91 Å². The lowest BCUT2D eigenvalue weighted by atomic mass is 10.1. The van der Waals surface area contributed by atoms with Crippen molar-refractivity contribution in [1.29, 1.82) is 5.26 Å². The summed E-state index contributed by atoms with van der Waals surface area (Å²) in [5, 5.41) is 12.0. The van der Waals surface area contributed by atoms with Crippen molar-refractivity contribution in [2.75, 3.05) is 5.32 Å². The Kier molecular flexibility index (Phi) is 4.75. The zero-order valence-electron chi connectivity index (χ0n) is 13.0. The molecule has 0 aliphatic carbocycles. The molecule has 1 N–H and O–H groups in total. The maximum atomic E-state index is 12.2. The highest BCUT2D eigenvalue weighted by molar-refractivity contribution is 6.09. The molecule has 2 aromatic rings. The van der Waals surface area contributed by atoms with Crippen molar-refractivity contribution in [3.63, 3.8) is 0 Å². The maximum absolute atomic E-state index is 12.2. The minimum atomic E-state index is -0.397. The summed E-state index contributed by atoms with van der Waals surface area (Å²) >= 11 is 0. The van der Waals surface area contributed by atoms with Gasteiger partial charge in [-0.25, -0.2) is 0 Å². The number of amides is 1. The number of benzene rings is 2. The van der Waals surface area contributed by atoms with Crippen LogP contribution in [-0.2, 0) is 4.79 Å². The number of carbonyl (C=O) groups excluding carboxylic acids is 1. The van der Waals surface area contributed by atoms with Gasteiger partial charge >= 0.3 is 0 Å². The van der Waals surface area contributed by atoms with Crippen LogP contribution in [0.3, 0.4) is 0 Å². The predicted molar refractivity (Wildman–Crippen MR) is 89.3 cm³/mol. The van der Waals surface area contributed by atoms with Crippen molar-refractivity contribution in [2.45, 2.75) is 20.8 Å². The molecule has 1 amide bonds. The van der Waals surface area contributed by atoms with Crippen LogP contribution in [0.15, 0.2) is 48.0 Å². The van der Waals surface area contributed by atoms with Crippen molar-refractivity contribution in [3.05, 3.63) is 70.3 Å². The van der Waals surface area contributed by atoms with Crippen LogP contribution in [0, 0.1) is 32.1 Å². The van der Waals surface area contributed by atoms with E-state index >= 15 is 0 Å². The van der Waals surface area contributed by atoms with Crippen molar-refractivity contribution in [2.24, 2.45) is 0 Å². The maximum Gasteiger partial charge on any atom is 0.266 e. The first-order valence-corrected chi connectivity index (χ1v) is 7.06. The first-order valence-electron chi connectivity index (χ1n) is 7.06. The Morgan fingerprint density at radius 3 is 2.32 bits per heavy atom. The number of nitriles is 1. The molecule has 0 aromatic heterocycles. The number of rotatable bonds is 3. The fourth-order valence-corrected chi connectivity index (χ4v) is 2.00. The SMILES string of the molecule is Cc1ccc(/C=C(\C#N)C(=O)Nc2ccc(C)c(C)c2)cc1. The van der Waals surface area contributed by atoms with Gasteiger partial charge in [0.2, 0.25) is 0 Å². The lowest BCUT2D eigenvalue weighted by Crippen LogP contribution is -2.13. The van der Waals surface area contributed by atoms with Crippen molar-refractivity contribution in [3.8, 4) is 6.07 Å². The monoisotopic (exact) mass is 290 g/mol. The molecule has 2 rings (SSSR count). The largest absolute Gasteiger partial charge is 0.321 e. The Hall–Kier alpha value is -2.86. The summed E-state index contributed by atoms with van der Waals surface area (Å²) in [6.07, 6.45) is 1.59. The van der Waals surface area contributed by atoms with Crippen LogP contribution in [0.5, 0.6) is 0 Å². The molecular formula is C19H18N2O. The fraction of sp³-hybridized carbons (Fsp3) is 0.158. The van der Waals surface area contributed by atoms with E-state index in [-0.39, 0.29) is 5.57 Å². The highest BCUT2D eigenvalue weighted by Crippen LogP contribution is 2.16. The van der Waals surface area contributed by atoms with Crippen LogP contribution in [0.25, 0.3) is 6.08 Å². The number of nitrogens with zero attached hydrogens (tertiary/aromatic N) is 1. The molecule has 0 radical (unpaired) electrons. The summed E-state index contributed by atoms with van der Waals surface area (Å²) in [6.45, 7) is 5.99. The summed E-state index contributed by atoms with van der Waals surface area (Å²) in [4.78, 5) is 12.2. The van der Waals surface area contributed by atoms with Crippen LogP contribution >= 0.6 is 0 Å². The van der Waals surface area contributed by atoms with Crippen LogP contribution in [0.2, 0.25) is 0 Å². The van der Waals surface area contributed by atoms with Crippen LogP contribution in [0.1, 0.15) is 22.3 Å². The number of hydrogen-bond donors (Lipinski definition) is 1. The third-order valence-corrected chi connectivity index (χ3v) is 3.52. The standard InChI is InChI=1S/C19H18N2O/c1-13-4-7-16(8-5-13)11-17(12-20)19(22)21-18-9-6-14(2)15(3)10-18/h4-11H,1-3H3,(H,21,22)/b17-11+. The van der Waals surface area contributed by atoms with Crippen LogP contribution in [0.4, 0.5) is 5.69 Å². The third kappa shape index (κ3) is 3.83. The first kappa shape index (κ1) is 15.5. The van der Waals surface area contributed by atoms with Gasteiger partial charge in [-0.1, -0.05) is 35.9 Å². The minimum absolute atomic E-state index is 0.0853. The zero-order valence-corrected chi connectivity index (χ0v) is 13.0. The number of nitrogens with one attached hydrogen (secondary N) is 1. The Morgan fingerprint density at radius 2 is 1.73 bits per heavy atom. The van der Waals surface area contributed by atoms with Gasteiger partial charge < -0.3 is 5.32 Å². The quantitative estimate of drug-likeness (QED) is 0.681. The average molecular weight is 290 g/mol. The predicted octanol–water partition coefficient (Wildman–Crippen LogP) is 4.16. The second kappa shape index (κ2) is 6.73. The van der Waals surface area contributed by atoms with Gasteiger partial charge in [0.25, 0.3) is 5.91 Å². The van der Waals surface area contributed by atoms with E-state index in [4.69, 9.17) is 0 Å². The fourth-order valence-electron chi connectivity index (χ4n) is 2.00. The Morgan fingerprint density at radius 1 is 1.05 bits per heavy atom. The number of carbonyl (C=O) groups is 1. The molecule has 0 fully saturated rings. The lowest BCUT2D eigenvalue weighted by Gasteiger charge is -2.07. The van der Waals surface area contributed by atoms with E-state index in [2.05, 4.69) is 5.32 Å². The number of hydrogen-bond acceptors (Lipinski definition) is 2. The molecule has 0 heterocycles. The molecule has 0 saturated heterocycles. The van der Waals surface area contributed by atoms with E-state index in [1.165, 1.54) is 0 Å². The molecular weight excluding hydrogens is 272 g/mol. The highest BCUT2D eigenvalue weighted by atomic mass is 16.1. The second-order valence-corrected chi connectivity index (χ2v) is 5.33. The van der Waals surface area contributed by atoms with E-state index in [1.807, 2.05) is 69.3 Å². The molecule has 0 spiro atoms. The van der Waals surface area contributed by atoms with E-state index in [0.29, 0.717) is 5.69 Å². The van der Waals surface area contributed by atoms with E-state index in [0.717, 1.165) is 22.3 Å². The summed E-state index contributed by atoms with van der Waals surface area (Å²) in [7, 11) is 0. The summed E-state index contributed by atoms with van der Waals surface area (Å²) < 4.78 is 0. The van der Waals surface area contributed by atoms with Gasteiger partial charge in [0, 0.05) is 5.69 Å². The molecule has 0 saturated carbocycles. The zero-order chi connectivity index (χ0) is 16.1. The molecule has 0 bridgehead atoms. The van der Waals surface area contributed by atoms with Gasteiger partial charge in [0.15, 0.2) is 0 Å². The summed E-state index contributed by atoms with van der Waals surface area (Å²) in [5.74, 6) is -0.397. The Balaban J connectivity index is 2.20. The van der Waals surface area contributed by atoms with Gasteiger partial charge in [-0.15, -0.1) is 0 Å². The molecule has 0 aliphatic heterocycles. The van der Waals surface area contributed by atoms with Gasteiger partial charge in [0.1, 0.15) is 11.6 Å². The highest BCUT2D eigenvalue weighted by Gasteiger charge is 2.09. The molecule has 2 aromatic carbocycles. The van der Waals surface area contributed by atoms with Gasteiger partial charge in [-0.05, 0) is 55.7 Å². The van der Waals surface area contributed by atoms with Crippen molar-refractivity contribution < 1.29 is 4.79 Å². The normalized spacial score (nSPS) is 10.9. The molecule has 0 unspecified atom stereocenters. The number of anilines is 1. The average Bonchev–Trinajstić information content (AvgIpc) is 2.50. The molecule has 3 heteroatoms. The third-order valence-electron chi connectivity index (χ3n) is 3.52. The summed E-state index contributed by atoms with van der Waals surface area (Å²) in [5.41, 5.74) is 5.00. The van der Waals surface area contributed by atoms with Crippen LogP contribution < -0.4 is 5.32 Å². The molecule has 0 atom stereocenters. The molecule has 22 heavy (non-hydrogen) atoms. The number of aryl methyl sites for hydroxylation is 3. The van der Waals surface area contributed by atoms with E-state index in [9.17, 15) is 10.1 Å². The summed E-state index contributed by atoms with van der Waals surface area (Å²) in [6, 6.07) is 15.3. The van der Waals surface area contributed by atoms with Gasteiger partial charge in [-0.2, -0.15) is 5.26 Å². The van der Waals surface area contributed by atoms with E-state index in [1.54, 1.807) is 6.08 Å². The second-order valence-electron chi connectivity index (χ2n) is 5.33. The molecule has 3 nitrogen and oxygen atoms in total. The Bertz CT molecular complexity index is 765. The van der Waals surface area contributed by atoms with Crippen molar-refractivity contribution >= 4 is 17.7 Å². The smallest absolute Gasteiger partial charge is 0.266 e. The van der Waals surface area contributed by atoms with Gasteiger partial charge in [-0.3, -0.25) is 4.79 Å². The lowest BCUT2D eigenvalue weighted by molar-refractivity contribution is -0.112.